The molecule has 1 heterocycles. The first-order valence-corrected chi connectivity index (χ1v) is 14.5. The molecule has 0 bridgehead atoms. The Bertz CT molecular complexity index is 579. The second kappa shape index (κ2) is 19.6. The van der Waals surface area contributed by atoms with Crippen LogP contribution in [-0.2, 0) is 23.9 Å². The molecule has 1 fully saturated rings. The van der Waals surface area contributed by atoms with Gasteiger partial charge >= 0.3 is 11.9 Å². The van der Waals surface area contributed by atoms with Crippen LogP contribution in [0.1, 0.15) is 137 Å². The zero-order valence-electron chi connectivity index (χ0n) is 23.0. The molecule has 6 heteroatoms. The van der Waals surface area contributed by atoms with E-state index in [2.05, 4.69) is 19.2 Å². The van der Waals surface area contributed by atoms with Crippen LogP contribution in [0.15, 0.2) is 0 Å². The first-order valence-electron chi connectivity index (χ1n) is 14.5. The van der Waals surface area contributed by atoms with E-state index in [1.54, 1.807) is 0 Å². The fraction of sp³-hybridized carbons (Fsp3) is 0.897. The van der Waals surface area contributed by atoms with Crippen LogP contribution in [0.3, 0.4) is 0 Å². The molecule has 0 radical (unpaired) electrons. The maximum absolute atomic E-state index is 12.9. The molecule has 0 aromatic rings. The molecule has 0 aromatic heterocycles. The van der Waals surface area contributed by atoms with Crippen molar-refractivity contribution in [1.29, 1.82) is 0 Å². The molecule has 0 saturated carbocycles. The summed E-state index contributed by atoms with van der Waals surface area (Å²) in [5, 5.41) is 2.62. The van der Waals surface area contributed by atoms with Crippen molar-refractivity contribution < 1.29 is 23.9 Å². The zero-order chi connectivity index (χ0) is 25.9. The van der Waals surface area contributed by atoms with Crippen molar-refractivity contribution >= 4 is 18.3 Å². The Hall–Kier alpha value is -1.59. The Morgan fingerprint density at radius 1 is 0.943 bits per heavy atom. The fourth-order valence-corrected chi connectivity index (χ4v) is 4.90. The number of ether oxygens (including phenoxy) is 2. The van der Waals surface area contributed by atoms with Gasteiger partial charge in [-0.15, -0.1) is 0 Å². The summed E-state index contributed by atoms with van der Waals surface area (Å²) in [5.41, 5.74) is 0. The van der Waals surface area contributed by atoms with Gasteiger partial charge in [-0.3, -0.25) is 9.59 Å². The molecule has 4 atom stereocenters. The highest BCUT2D eigenvalue weighted by molar-refractivity contribution is 5.79. The van der Waals surface area contributed by atoms with Gasteiger partial charge in [0, 0.05) is 6.42 Å². The van der Waals surface area contributed by atoms with E-state index >= 15 is 0 Å². The lowest BCUT2D eigenvalue weighted by molar-refractivity contribution is -0.190. The van der Waals surface area contributed by atoms with E-state index in [1.807, 2.05) is 13.8 Å². The maximum atomic E-state index is 12.9. The molecule has 6 nitrogen and oxygen atoms in total. The standard InChI is InChI=1S/C29H53NO5/c1-5-7-9-11-12-13-14-15-16-18-24(34-29(33)26(30-22-31)20-23(3)4)21-27-25(28(32)35-27)19-17-10-8-6-2/h22-27H,5-21H2,1-4H3,(H,30,31)/t24-,25?,26-,27?/m0/s1. The second-order valence-corrected chi connectivity index (χ2v) is 10.8. The third-order valence-electron chi connectivity index (χ3n) is 7.06. The number of nitrogens with one attached hydrogen (secondary N) is 1. The molecule has 0 aliphatic carbocycles. The molecule has 1 saturated heterocycles. The Labute approximate surface area is 214 Å². The SMILES string of the molecule is CCCCCCCCCCC[C@@H](CC1OC(=O)C1CCCCCC)OC(=O)[C@H](CC(C)C)NC=O. The summed E-state index contributed by atoms with van der Waals surface area (Å²) in [4.78, 5) is 36.0. The lowest BCUT2D eigenvalue weighted by atomic mass is 9.86. The van der Waals surface area contributed by atoms with Crippen LogP contribution in [0.2, 0.25) is 0 Å². The number of hydrogen-bond donors (Lipinski definition) is 1. The van der Waals surface area contributed by atoms with Gasteiger partial charge in [0.25, 0.3) is 0 Å². The number of rotatable bonds is 23. The van der Waals surface area contributed by atoms with Gasteiger partial charge in [0.05, 0.1) is 5.92 Å². The highest BCUT2D eigenvalue weighted by atomic mass is 16.6. The minimum absolute atomic E-state index is 0.0734. The molecule has 204 valence electrons. The van der Waals surface area contributed by atoms with E-state index in [9.17, 15) is 14.4 Å². The summed E-state index contributed by atoms with van der Waals surface area (Å²) in [7, 11) is 0. The van der Waals surface area contributed by atoms with Crippen molar-refractivity contribution in [2.45, 2.75) is 155 Å². The van der Waals surface area contributed by atoms with Crippen LogP contribution < -0.4 is 5.32 Å². The highest BCUT2D eigenvalue weighted by Gasteiger charge is 2.43. The Morgan fingerprint density at radius 3 is 2.06 bits per heavy atom. The molecule has 35 heavy (non-hydrogen) atoms. The molecular formula is C29H53NO5. The number of unbranched alkanes of at least 4 members (excludes halogenated alkanes) is 11. The number of amides is 1. The predicted octanol–water partition coefficient (Wildman–Crippen LogP) is 6.88. The van der Waals surface area contributed by atoms with E-state index in [0.29, 0.717) is 19.3 Å². The molecule has 1 aliphatic rings. The number of hydrogen-bond acceptors (Lipinski definition) is 5. The molecule has 2 unspecified atom stereocenters. The van der Waals surface area contributed by atoms with Crippen LogP contribution in [0.4, 0.5) is 0 Å². The fourth-order valence-electron chi connectivity index (χ4n) is 4.90. The van der Waals surface area contributed by atoms with E-state index in [-0.39, 0.29) is 36.0 Å². The zero-order valence-corrected chi connectivity index (χ0v) is 23.0. The minimum Gasteiger partial charge on any atom is -0.461 e. The second-order valence-electron chi connectivity index (χ2n) is 10.8. The van der Waals surface area contributed by atoms with Crippen molar-refractivity contribution in [3.8, 4) is 0 Å². The first-order chi connectivity index (χ1) is 16.9. The Morgan fingerprint density at radius 2 is 1.51 bits per heavy atom. The van der Waals surface area contributed by atoms with Gasteiger partial charge < -0.3 is 14.8 Å². The normalized spacial score (nSPS) is 19.1. The molecule has 1 aliphatic heterocycles. The van der Waals surface area contributed by atoms with Gasteiger partial charge in [-0.25, -0.2) is 4.79 Å². The summed E-state index contributed by atoms with van der Waals surface area (Å²) in [6, 6.07) is -0.632. The number of carbonyl (C=O) groups is 3. The summed E-state index contributed by atoms with van der Waals surface area (Å²) in [6.45, 7) is 8.45. The molecule has 1 rings (SSSR count). The van der Waals surface area contributed by atoms with Crippen molar-refractivity contribution in [2.75, 3.05) is 0 Å². The van der Waals surface area contributed by atoms with Crippen molar-refractivity contribution in [2.24, 2.45) is 11.8 Å². The van der Waals surface area contributed by atoms with Crippen molar-refractivity contribution in [1.82, 2.24) is 5.32 Å². The predicted molar refractivity (Wildman–Crippen MR) is 141 cm³/mol. The average Bonchev–Trinajstić information content (AvgIpc) is 2.81. The summed E-state index contributed by atoms with van der Waals surface area (Å²) < 4.78 is 11.4. The van der Waals surface area contributed by atoms with E-state index in [4.69, 9.17) is 9.47 Å². The minimum atomic E-state index is -0.632. The van der Waals surface area contributed by atoms with Gasteiger partial charge in [-0.2, -0.15) is 0 Å². The average molecular weight is 496 g/mol. The highest BCUT2D eigenvalue weighted by Crippen LogP contribution is 2.32. The van der Waals surface area contributed by atoms with Crippen LogP contribution in [-0.4, -0.2) is 36.6 Å². The first kappa shape index (κ1) is 31.4. The number of esters is 2. The summed E-state index contributed by atoms with van der Waals surface area (Å²) in [5.74, 6) is -0.302. The molecule has 0 aromatic carbocycles. The van der Waals surface area contributed by atoms with Gasteiger partial charge in [0.1, 0.15) is 18.2 Å². The van der Waals surface area contributed by atoms with Crippen molar-refractivity contribution in [3.63, 3.8) is 0 Å². The summed E-state index contributed by atoms with van der Waals surface area (Å²) >= 11 is 0. The molecular weight excluding hydrogens is 442 g/mol. The van der Waals surface area contributed by atoms with Crippen LogP contribution in [0, 0.1) is 11.8 Å². The summed E-state index contributed by atoms with van der Waals surface area (Å²) in [6.07, 6.45) is 18.5. The third kappa shape index (κ3) is 13.9. The van der Waals surface area contributed by atoms with E-state index < -0.39 is 6.04 Å². The Kier molecular flexibility index (Phi) is 17.6. The lowest BCUT2D eigenvalue weighted by Crippen LogP contribution is -2.48. The number of carbonyl (C=O) groups excluding carboxylic acids is 3. The molecule has 1 amide bonds. The van der Waals surface area contributed by atoms with Gasteiger partial charge in [-0.05, 0) is 31.6 Å². The largest absolute Gasteiger partial charge is 0.461 e. The van der Waals surface area contributed by atoms with Crippen LogP contribution >= 0.6 is 0 Å². The van der Waals surface area contributed by atoms with Crippen molar-refractivity contribution in [3.05, 3.63) is 0 Å². The smallest absolute Gasteiger partial charge is 0.328 e. The topological polar surface area (TPSA) is 81.7 Å². The van der Waals surface area contributed by atoms with E-state index in [1.165, 1.54) is 57.8 Å². The monoisotopic (exact) mass is 495 g/mol. The van der Waals surface area contributed by atoms with Crippen LogP contribution in [0.25, 0.3) is 0 Å². The lowest BCUT2D eigenvalue weighted by Gasteiger charge is -2.37. The van der Waals surface area contributed by atoms with Gasteiger partial charge in [0.2, 0.25) is 6.41 Å². The van der Waals surface area contributed by atoms with Crippen LogP contribution in [0.5, 0.6) is 0 Å². The maximum Gasteiger partial charge on any atom is 0.328 e. The quantitative estimate of drug-likeness (QED) is 0.0949. The number of cyclic esters (lactones) is 1. The van der Waals surface area contributed by atoms with Gasteiger partial charge in [0.15, 0.2) is 0 Å². The molecule has 0 spiro atoms. The van der Waals surface area contributed by atoms with E-state index in [0.717, 1.165) is 38.5 Å². The molecule has 1 N–H and O–H groups in total. The Balaban J connectivity index is 2.58. The van der Waals surface area contributed by atoms with Gasteiger partial charge in [-0.1, -0.05) is 105 Å². The third-order valence-corrected chi connectivity index (χ3v) is 7.06.